The highest BCUT2D eigenvalue weighted by Gasteiger charge is 2.54. The zero-order valence-corrected chi connectivity index (χ0v) is 9.06. The number of hydrogen-bond donors (Lipinski definition) is 2. The van der Waals surface area contributed by atoms with Gasteiger partial charge in [-0.1, -0.05) is 42.5 Å². The van der Waals surface area contributed by atoms with E-state index in [9.17, 15) is 5.11 Å². The summed E-state index contributed by atoms with van der Waals surface area (Å²) >= 11 is 0. The summed E-state index contributed by atoms with van der Waals surface area (Å²) in [6.07, 6.45) is 0.514. The molecule has 0 aromatic heterocycles. The zero-order valence-electron chi connectivity index (χ0n) is 9.06. The molecule has 1 fully saturated rings. The van der Waals surface area contributed by atoms with Gasteiger partial charge in [0.1, 0.15) is 0 Å². The first-order chi connectivity index (χ1) is 7.78. The first-order valence-corrected chi connectivity index (χ1v) is 5.64. The Morgan fingerprint density at radius 1 is 1.19 bits per heavy atom. The van der Waals surface area contributed by atoms with Crippen LogP contribution in [0.5, 0.6) is 0 Å². The van der Waals surface area contributed by atoms with Crippen molar-refractivity contribution in [2.75, 3.05) is 6.54 Å². The maximum absolute atomic E-state index is 9.81. The molecule has 1 aliphatic rings. The van der Waals surface area contributed by atoms with E-state index in [1.54, 1.807) is 0 Å². The molecular weight excluding hydrogens is 198 g/mol. The van der Waals surface area contributed by atoms with Gasteiger partial charge in [0.15, 0.2) is 0 Å². The van der Waals surface area contributed by atoms with Crippen LogP contribution in [0.1, 0.15) is 12.0 Å². The van der Waals surface area contributed by atoms with Crippen molar-refractivity contribution in [1.29, 1.82) is 0 Å². The SMILES string of the molecule is NCC1(c2cccc3ccccc23)CC1O. The van der Waals surface area contributed by atoms with Crippen LogP contribution in [0.3, 0.4) is 0 Å². The van der Waals surface area contributed by atoms with Crippen LogP contribution in [-0.2, 0) is 5.41 Å². The molecule has 0 aliphatic heterocycles. The van der Waals surface area contributed by atoms with Gasteiger partial charge < -0.3 is 10.8 Å². The van der Waals surface area contributed by atoms with E-state index in [0.717, 1.165) is 6.42 Å². The lowest BCUT2D eigenvalue weighted by molar-refractivity contribution is 0.249. The second kappa shape index (κ2) is 3.30. The fourth-order valence-corrected chi connectivity index (χ4v) is 2.56. The number of fused-ring (bicyclic) bond motifs is 1. The molecule has 1 saturated carbocycles. The third kappa shape index (κ3) is 1.20. The molecule has 1 aliphatic carbocycles. The predicted molar refractivity (Wildman–Crippen MR) is 65.3 cm³/mol. The number of aliphatic hydroxyl groups excluding tert-OH is 1. The number of hydrogen-bond acceptors (Lipinski definition) is 2. The van der Waals surface area contributed by atoms with E-state index in [1.165, 1.54) is 16.3 Å². The Labute approximate surface area is 94.7 Å². The molecule has 2 heteroatoms. The van der Waals surface area contributed by atoms with E-state index in [1.807, 2.05) is 18.2 Å². The summed E-state index contributed by atoms with van der Waals surface area (Å²) in [5, 5.41) is 12.2. The Bertz CT molecular complexity index is 528. The normalized spacial score (nSPS) is 28.2. The average molecular weight is 213 g/mol. The topological polar surface area (TPSA) is 46.2 Å². The van der Waals surface area contributed by atoms with Gasteiger partial charge in [-0.15, -0.1) is 0 Å². The molecule has 0 spiro atoms. The quantitative estimate of drug-likeness (QED) is 0.799. The van der Waals surface area contributed by atoms with Crippen LogP contribution in [0.15, 0.2) is 42.5 Å². The van der Waals surface area contributed by atoms with Gasteiger partial charge in [-0.2, -0.15) is 0 Å². The number of benzene rings is 2. The van der Waals surface area contributed by atoms with Gasteiger partial charge in [0.25, 0.3) is 0 Å². The molecule has 2 atom stereocenters. The van der Waals surface area contributed by atoms with Gasteiger partial charge >= 0.3 is 0 Å². The first kappa shape index (κ1) is 9.82. The summed E-state index contributed by atoms with van der Waals surface area (Å²) < 4.78 is 0. The molecule has 0 radical (unpaired) electrons. The average Bonchev–Trinajstić information content (AvgIpc) is 3.01. The lowest BCUT2D eigenvalue weighted by Gasteiger charge is -2.16. The van der Waals surface area contributed by atoms with E-state index in [-0.39, 0.29) is 11.5 Å². The molecule has 3 rings (SSSR count). The summed E-state index contributed by atoms with van der Waals surface area (Å²) in [6, 6.07) is 14.5. The molecule has 16 heavy (non-hydrogen) atoms. The Morgan fingerprint density at radius 3 is 2.56 bits per heavy atom. The lowest BCUT2D eigenvalue weighted by Crippen LogP contribution is -2.24. The van der Waals surface area contributed by atoms with E-state index < -0.39 is 0 Å². The standard InChI is InChI=1S/C14H15NO/c15-9-14(8-13(14)16)12-7-3-5-10-4-1-2-6-11(10)12/h1-7,13,16H,8-9,15H2. The highest BCUT2D eigenvalue weighted by Crippen LogP contribution is 2.49. The largest absolute Gasteiger partial charge is 0.392 e. The minimum atomic E-state index is -0.275. The molecule has 2 unspecified atom stereocenters. The molecule has 2 nitrogen and oxygen atoms in total. The van der Waals surface area contributed by atoms with Crippen LogP contribution in [0.4, 0.5) is 0 Å². The van der Waals surface area contributed by atoms with Gasteiger partial charge in [-0.3, -0.25) is 0 Å². The van der Waals surface area contributed by atoms with Gasteiger partial charge in [-0.05, 0) is 22.8 Å². The third-order valence-electron chi connectivity index (χ3n) is 3.73. The second-order valence-corrected chi connectivity index (χ2v) is 4.61. The fraction of sp³-hybridized carbons (Fsp3) is 0.286. The van der Waals surface area contributed by atoms with Crippen LogP contribution >= 0.6 is 0 Å². The van der Waals surface area contributed by atoms with Crippen molar-refractivity contribution in [1.82, 2.24) is 0 Å². The summed E-state index contributed by atoms with van der Waals surface area (Å²) in [5.74, 6) is 0. The zero-order chi connectivity index (χ0) is 11.2. The Morgan fingerprint density at radius 2 is 1.88 bits per heavy atom. The lowest BCUT2D eigenvalue weighted by atomic mass is 9.90. The van der Waals surface area contributed by atoms with Crippen LogP contribution in [-0.4, -0.2) is 17.8 Å². The van der Waals surface area contributed by atoms with Crippen molar-refractivity contribution in [3.8, 4) is 0 Å². The molecule has 82 valence electrons. The van der Waals surface area contributed by atoms with Crippen LogP contribution in [0, 0.1) is 0 Å². The number of rotatable bonds is 2. The van der Waals surface area contributed by atoms with E-state index in [0.29, 0.717) is 6.54 Å². The van der Waals surface area contributed by atoms with Crippen molar-refractivity contribution in [3.63, 3.8) is 0 Å². The Balaban J connectivity index is 2.24. The molecular formula is C14H15NO. The minimum absolute atomic E-state index is 0.194. The Kier molecular flexibility index (Phi) is 2.03. The molecule has 2 aromatic carbocycles. The highest BCUT2D eigenvalue weighted by molar-refractivity contribution is 5.87. The summed E-state index contributed by atoms with van der Waals surface area (Å²) in [6.45, 7) is 0.516. The Hall–Kier alpha value is -1.38. The van der Waals surface area contributed by atoms with Crippen molar-refractivity contribution in [2.24, 2.45) is 5.73 Å². The van der Waals surface area contributed by atoms with Crippen molar-refractivity contribution < 1.29 is 5.11 Å². The smallest absolute Gasteiger partial charge is 0.0660 e. The first-order valence-electron chi connectivity index (χ1n) is 5.64. The fourth-order valence-electron chi connectivity index (χ4n) is 2.56. The van der Waals surface area contributed by atoms with Crippen molar-refractivity contribution >= 4 is 10.8 Å². The summed E-state index contributed by atoms with van der Waals surface area (Å²) in [5.41, 5.74) is 6.82. The van der Waals surface area contributed by atoms with E-state index >= 15 is 0 Å². The van der Waals surface area contributed by atoms with Crippen LogP contribution < -0.4 is 5.73 Å². The van der Waals surface area contributed by atoms with E-state index in [2.05, 4.69) is 24.3 Å². The number of aliphatic hydroxyl groups is 1. The van der Waals surface area contributed by atoms with E-state index in [4.69, 9.17) is 5.73 Å². The van der Waals surface area contributed by atoms with Crippen LogP contribution in [0.2, 0.25) is 0 Å². The highest BCUT2D eigenvalue weighted by atomic mass is 16.3. The second-order valence-electron chi connectivity index (χ2n) is 4.61. The van der Waals surface area contributed by atoms with Gasteiger partial charge in [0.2, 0.25) is 0 Å². The van der Waals surface area contributed by atoms with Gasteiger partial charge in [0, 0.05) is 12.0 Å². The molecule has 0 bridgehead atoms. The van der Waals surface area contributed by atoms with Gasteiger partial charge in [-0.25, -0.2) is 0 Å². The van der Waals surface area contributed by atoms with Crippen LogP contribution in [0.25, 0.3) is 10.8 Å². The number of nitrogens with two attached hydrogens (primary N) is 1. The molecule has 0 heterocycles. The van der Waals surface area contributed by atoms with Gasteiger partial charge in [0.05, 0.1) is 6.10 Å². The van der Waals surface area contributed by atoms with Crippen molar-refractivity contribution in [2.45, 2.75) is 17.9 Å². The summed E-state index contributed by atoms with van der Waals surface area (Å²) in [7, 11) is 0. The summed E-state index contributed by atoms with van der Waals surface area (Å²) in [4.78, 5) is 0. The molecule has 0 saturated heterocycles. The molecule has 3 N–H and O–H groups in total. The molecule has 2 aromatic rings. The minimum Gasteiger partial charge on any atom is -0.392 e. The third-order valence-corrected chi connectivity index (χ3v) is 3.73. The maximum Gasteiger partial charge on any atom is 0.0660 e. The molecule has 0 amide bonds. The predicted octanol–water partition coefficient (Wildman–Crippen LogP) is 1.80. The maximum atomic E-state index is 9.81. The van der Waals surface area contributed by atoms with Crippen molar-refractivity contribution in [3.05, 3.63) is 48.0 Å². The monoisotopic (exact) mass is 213 g/mol.